The Morgan fingerprint density at radius 2 is 2.07 bits per heavy atom. The Morgan fingerprint density at radius 3 is 2.67 bits per heavy atom. The highest BCUT2D eigenvalue weighted by Crippen LogP contribution is 2.11. The second kappa shape index (κ2) is 5.29. The molecule has 1 aromatic rings. The molecule has 0 amide bonds. The fourth-order valence-electron chi connectivity index (χ4n) is 1.94. The van der Waals surface area contributed by atoms with Gasteiger partial charge < -0.3 is 5.32 Å². The standard InChI is InChI=1S/C13H20N2/c1-2-5-11-6-3-4-7-12(11)10-15-13-8-9-14-13/h3-4,6-7,13-15H,2,5,8-10H2,1H3. The number of benzene rings is 1. The first-order valence-corrected chi connectivity index (χ1v) is 5.93. The molecule has 1 fully saturated rings. The van der Waals surface area contributed by atoms with Gasteiger partial charge in [-0.15, -0.1) is 0 Å². The van der Waals surface area contributed by atoms with Crippen LogP contribution in [0.4, 0.5) is 0 Å². The van der Waals surface area contributed by atoms with Crippen molar-refractivity contribution in [3.05, 3.63) is 35.4 Å². The maximum Gasteiger partial charge on any atom is 0.0586 e. The van der Waals surface area contributed by atoms with Crippen LogP contribution in [-0.4, -0.2) is 12.7 Å². The lowest BCUT2D eigenvalue weighted by atomic mass is 10.0. The molecule has 1 unspecified atom stereocenters. The van der Waals surface area contributed by atoms with E-state index in [4.69, 9.17) is 0 Å². The lowest BCUT2D eigenvalue weighted by Crippen LogP contribution is -2.52. The van der Waals surface area contributed by atoms with Gasteiger partial charge in [-0.3, -0.25) is 5.32 Å². The third-order valence-corrected chi connectivity index (χ3v) is 3.00. The van der Waals surface area contributed by atoms with Gasteiger partial charge in [0.1, 0.15) is 0 Å². The van der Waals surface area contributed by atoms with E-state index in [-0.39, 0.29) is 0 Å². The van der Waals surface area contributed by atoms with Crippen molar-refractivity contribution in [1.82, 2.24) is 10.6 Å². The molecule has 1 saturated heterocycles. The summed E-state index contributed by atoms with van der Waals surface area (Å²) in [5.74, 6) is 0. The lowest BCUT2D eigenvalue weighted by Gasteiger charge is -2.29. The molecule has 2 N–H and O–H groups in total. The van der Waals surface area contributed by atoms with Crippen LogP contribution in [0, 0.1) is 0 Å². The molecule has 0 bridgehead atoms. The van der Waals surface area contributed by atoms with Gasteiger partial charge in [0, 0.05) is 6.54 Å². The molecule has 82 valence electrons. The Hall–Kier alpha value is -0.860. The molecule has 1 aromatic carbocycles. The van der Waals surface area contributed by atoms with Crippen molar-refractivity contribution < 1.29 is 0 Å². The monoisotopic (exact) mass is 204 g/mol. The molecule has 0 spiro atoms. The molecular formula is C13H20N2. The van der Waals surface area contributed by atoms with Crippen LogP contribution in [0.2, 0.25) is 0 Å². The maximum atomic E-state index is 3.52. The van der Waals surface area contributed by atoms with Crippen LogP contribution in [0.3, 0.4) is 0 Å². The maximum absolute atomic E-state index is 3.52. The fraction of sp³-hybridized carbons (Fsp3) is 0.538. The highest BCUT2D eigenvalue weighted by atomic mass is 15.2. The molecule has 1 heterocycles. The molecule has 2 heteroatoms. The second-order valence-electron chi connectivity index (χ2n) is 4.19. The third kappa shape index (κ3) is 2.80. The summed E-state index contributed by atoms with van der Waals surface area (Å²) in [6.07, 6.45) is 4.21. The number of aryl methyl sites for hydroxylation is 1. The van der Waals surface area contributed by atoms with Crippen LogP contribution < -0.4 is 10.6 Å². The largest absolute Gasteiger partial charge is 0.302 e. The van der Waals surface area contributed by atoms with Gasteiger partial charge in [0.15, 0.2) is 0 Å². The van der Waals surface area contributed by atoms with Crippen LogP contribution >= 0.6 is 0 Å². The summed E-state index contributed by atoms with van der Waals surface area (Å²) in [5, 5.41) is 6.88. The molecule has 2 nitrogen and oxygen atoms in total. The first-order valence-electron chi connectivity index (χ1n) is 5.93. The third-order valence-electron chi connectivity index (χ3n) is 3.00. The Kier molecular flexibility index (Phi) is 3.75. The zero-order chi connectivity index (χ0) is 10.5. The Labute approximate surface area is 92.1 Å². The van der Waals surface area contributed by atoms with E-state index in [9.17, 15) is 0 Å². The van der Waals surface area contributed by atoms with Gasteiger partial charge in [0.25, 0.3) is 0 Å². The van der Waals surface area contributed by atoms with E-state index in [0.29, 0.717) is 6.17 Å². The molecule has 1 aliphatic heterocycles. The van der Waals surface area contributed by atoms with Crippen molar-refractivity contribution in [2.45, 2.75) is 38.9 Å². The molecule has 0 saturated carbocycles. The summed E-state index contributed by atoms with van der Waals surface area (Å²) in [7, 11) is 0. The molecule has 0 radical (unpaired) electrons. The average Bonchev–Trinajstić information content (AvgIpc) is 2.18. The predicted octanol–water partition coefficient (Wildman–Crippen LogP) is 2.05. The van der Waals surface area contributed by atoms with E-state index in [1.54, 1.807) is 0 Å². The summed E-state index contributed by atoms with van der Waals surface area (Å²) in [5.41, 5.74) is 2.94. The first kappa shape index (κ1) is 10.7. The summed E-state index contributed by atoms with van der Waals surface area (Å²) in [4.78, 5) is 0. The van der Waals surface area contributed by atoms with Crippen molar-refractivity contribution >= 4 is 0 Å². The van der Waals surface area contributed by atoms with Crippen LogP contribution in [0.1, 0.15) is 30.9 Å². The average molecular weight is 204 g/mol. The van der Waals surface area contributed by atoms with Gasteiger partial charge in [-0.2, -0.15) is 0 Å². The summed E-state index contributed by atoms with van der Waals surface area (Å²) in [6, 6.07) is 8.74. The Morgan fingerprint density at radius 1 is 1.33 bits per heavy atom. The zero-order valence-electron chi connectivity index (χ0n) is 9.42. The van der Waals surface area contributed by atoms with Gasteiger partial charge in [0.05, 0.1) is 6.17 Å². The number of hydrogen-bond acceptors (Lipinski definition) is 2. The van der Waals surface area contributed by atoms with Crippen molar-refractivity contribution in [1.29, 1.82) is 0 Å². The van der Waals surface area contributed by atoms with E-state index in [2.05, 4.69) is 41.8 Å². The number of nitrogens with one attached hydrogen (secondary N) is 2. The van der Waals surface area contributed by atoms with E-state index in [1.807, 2.05) is 0 Å². The van der Waals surface area contributed by atoms with Crippen molar-refractivity contribution in [2.75, 3.05) is 6.54 Å². The van der Waals surface area contributed by atoms with E-state index in [1.165, 1.54) is 30.4 Å². The Bertz CT molecular complexity index is 305. The molecule has 15 heavy (non-hydrogen) atoms. The zero-order valence-corrected chi connectivity index (χ0v) is 9.42. The fourth-order valence-corrected chi connectivity index (χ4v) is 1.94. The molecule has 1 atom stereocenters. The number of rotatable bonds is 5. The van der Waals surface area contributed by atoms with Crippen LogP contribution in [-0.2, 0) is 13.0 Å². The van der Waals surface area contributed by atoms with E-state index >= 15 is 0 Å². The van der Waals surface area contributed by atoms with Gasteiger partial charge in [-0.05, 0) is 30.5 Å². The van der Waals surface area contributed by atoms with E-state index in [0.717, 1.165) is 13.1 Å². The predicted molar refractivity (Wildman–Crippen MR) is 63.7 cm³/mol. The second-order valence-corrected chi connectivity index (χ2v) is 4.19. The number of hydrogen-bond donors (Lipinski definition) is 2. The summed E-state index contributed by atoms with van der Waals surface area (Å²) in [6.45, 7) is 4.39. The first-order chi connectivity index (χ1) is 7.40. The van der Waals surface area contributed by atoms with Gasteiger partial charge >= 0.3 is 0 Å². The molecule has 0 aromatic heterocycles. The lowest BCUT2D eigenvalue weighted by molar-refractivity contribution is 0.307. The van der Waals surface area contributed by atoms with Crippen molar-refractivity contribution in [3.8, 4) is 0 Å². The normalized spacial score (nSPS) is 19.9. The minimum atomic E-state index is 0.541. The SMILES string of the molecule is CCCc1ccccc1CNC1CCN1. The summed E-state index contributed by atoms with van der Waals surface area (Å²) >= 11 is 0. The highest BCUT2D eigenvalue weighted by Gasteiger charge is 2.15. The van der Waals surface area contributed by atoms with Gasteiger partial charge in [0.2, 0.25) is 0 Å². The highest BCUT2D eigenvalue weighted by molar-refractivity contribution is 5.27. The topological polar surface area (TPSA) is 24.1 Å². The van der Waals surface area contributed by atoms with Crippen LogP contribution in [0.15, 0.2) is 24.3 Å². The van der Waals surface area contributed by atoms with Crippen LogP contribution in [0.5, 0.6) is 0 Å². The molecule has 2 rings (SSSR count). The smallest absolute Gasteiger partial charge is 0.0586 e. The molecular weight excluding hydrogens is 184 g/mol. The van der Waals surface area contributed by atoms with Crippen LogP contribution in [0.25, 0.3) is 0 Å². The molecule has 1 aliphatic rings. The van der Waals surface area contributed by atoms with Crippen molar-refractivity contribution in [2.24, 2.45) is 0 Å². The Balaban J connectivity index is 1.92. The van der Waals surface area contributed by atoms with Gasteiger partial charge in [-0.25, -0.2) is 0 Å². The van der Waals surface area contributed by atoms with E-state index < -0.39 is 0 Å². The molecule has 0 aliphatic carbocycles. The van der Waals surface area contributed by atoms with Crippen molar-refractivity contribution in [3.63, 3.8) is 0 Å². The minimum absolute atomic E-state index is 0.541. The minimum Gasteiger partial charge on any atom is -0.302 e. The summed E-state index contributed by atoms with van der Waals surface area (Å²) < 4.78 is 0. The van der Waals surface area contributed by atoms with Gasteiger partial charge in [-0.1, -0.05) is 37.6 Å². The quantitative estimate of drug-likeness (QED) is 0.767.